The summed E-state index contributed by atoms with van der Waals surface area (Å²) in [6.45, 7) is 7.69. The minimum absolute atomic E-state index is 0.0195. The minimum Gasteiger partial charge on any atom is -0.444 e. The van der Waals surface area contributed by atoms with E-state index in [4.69, 9.17) is 11.2 Å². The van der Waals surface area contributed by atoms with Gasteiger partial charge in [-0.3, -0.25) is 4.79 Å². The number of ether oxygens (including phenoxy) is 1. The fourth-order valence-electron chi connectivity index (χ4n) is 2.52. The van der Waals surface area contributed by atoms with Gasteiger partial charge in [-0.1, -0.05) is 12.3 Å². The predicted octanol–water partition coefficient (Wildman–Crippen LogP) is 2.07. The lowest BCUT2D eigenvalue weighted by Crippen LogP contribution is -2.41. The number of terminal acetylenes is 1. The molecule has 1 aliphatic rings. The zero-order valence-corrected chi connectivity index (χ0v) is 13.4. The number of hydrogen-bond donors (Lipinski definition) is 2. The SMILES string of the molecule is C#C[C@H](C)NC(=O)[C@@H]1CCC[C@@H]1CNC(=O)OC(C)(C)C. The molecule has 2 N–H and O–H groups in total. The van der Waals surface area contributed by atoms with Gasteiger partial charge in [0.2, 0.25) is 5.91 Å². The molecule has 21 heavy (non-hydrogen) atoms. The summed E-state index contributed by atoms with van der Waals surface area (Å²) in [4.78, 5) is 23.8. The van der Waals surface area contributed by atoms with Crippen molar-refractivity contribution in [2.75, 3.05) is 6.54 Å². The summed E-state index contributed by atoms with van der Waals surface area (Å²) in [5.41, 5.74) is -0.515. The molecule has 0 saturated heterocycles. The lowest BCUT2D eigenvalue weighted by molar-refractivity contribution is -0.126. The van der Waals surface area contributed by atoms with E-state index in [1.165, 1.54) is 0 Å². The predicted molar refractivity (Wildman–Crippen MR) is 81.5 cm³/mol. The van der Waals surface area contributed by atoms with Gasteiger partial charge in [-0.05, 0) is 46.5 Å². The summed E-state index contributed by atoms with van der Waals surface area (Å²) in [7, 11) is 0. The van der Waals surface area contributed by atoms with Crippen LogP contribution in [0.3, 0.4) is 0 Å². The summed E-state index contributed by atoms with van der Waals surface area (Å²) in [5, 5.41) is 5.56. The normalized spacial score (nSPS) is 23.0. The first kappa shape index (κ1) is 17.4. The van der Waals surface area contributed by atoms with E-state index < -0.39 is 11.7 Å². The van der Waals surface area contributed by atoms with E-state index in [0.717, 1.165) is 19.3 Å². The minimum atomic E-state index is -0.515. The molecule has 5 heteroatoms. The van der Waals surface area contributed by atoms with Crippen molar-refractivity contribution in [3.05, 3.63) is 0 Å². The summed E-state index contributed by atoms with van der Waals surface area (Å²) in [6.07, 6.45) is 7.59. The van der Waals surface area contributed by atoms with Gasteiger partial charge in [-0.2, -0.15) is 0 Å². The summed E-state index contributed by atoms with van der Waals surface area (Å²) in [6, 6.07) is -0.266. The lowest BCUT2D eigenvalue weighted by atomic mass is 9.95. The van der Waals surface area contributed by atoms with Crippen LogP contribution in [0.2, 0.25) is 0 Å². The Morgan fingerprint density at radius 2 is 2.05 bits per heavy atom. The molecule has 118 valence electrons. The van der Waals surface area contributed by atoms with E-state index in [9.17, 15) is 9.59 Å². The highest BCUT2D eigenvalue weighted by Crippen LogP contribution is 2.31. The molecule has 0 aliphatic heterocycles. The molecule has 0 aromatic carbocycles. The molecular weight excluding hydrogens is 268 g/mol. The Bertz CT molecular complexity index is 420. The average Bonchev–Trinajstić information content (AvgIpc) is 2.82. The van der Waals surface area contributed by atoms with Crippen LogP contribution in [-0.4, -0.2) is 30.2 Å². The first-order valence-electron chi connectivity index (χ1n) is 7.46. The highest BCUT2D eigenvalue weighted by Gasteiger charge is 2.33. The molecule has 1 fully saturated rings. The van der Waals surface area contributed by atoms with Gasteiger partial charge in [0.05, 0.1) is 6.04 Å². The Balaban J connectivity index is 2.45. The van der Waals surface area contributed by atoms with Crippen LogP contribution in [0.15, 0.2) is 0 Å². The van der Waals surface area contributed by atoms with Gasteiger partial charge in [-0.25, -0.2) is 4.79 Å². The van der Waals surface area contributed by atoms with Crippen molar-refractivity contribution in [3.8, 4) is 12.3 Å². The Hall–Kier alpha value is -1.70. The third-order valence-corrected chi connectivity index (χ3v) is 3.51. The lowest BCUT2D eigenvalue weighted by Gasteiger charge is -2.23. The molecule has 1 aliphatic carbocycles. The van der Waals surface area contributed by atoms with Crippen LogP contribution < -0.4 is 10.6 Å². The maximum Gasteiger partial charge on any atom is 0.407 e. The molecule has 2 amide bonds. The number of amides is 2. The summed E-state index contributed by atoms with van der Waals surface area (Å²) in [5.74, 6) is 2.52. The van der Waals surface area contributed by atoms with E-state index in [1.807, 2.05) is 20.8 Å². The van der Waals surface area contributed by atoms with Crippen LogP contribution in [0.4, 0.5) is 4.79 Å². The van der Waals surface area contributed by atoms with Crippen LogP contribution in [0, 0.1) is 24.2 Å². The number of nitrogens with one attached hydrogen (secondary N) is 2. The Morgan fingerprint density at radius 1 is 1.38 bits per heavy atom. The molecule has 0 unspecified atom stereocenters. The monoisotopic (exact) mass is 294 g/mol. The smallest absolute Gasteiger partial charge is 0.407 e. The molecule has 0 bridgehead atoms. The summed E-state index contributed by atoms with van der Waals surface area (Å²) >= 11 is 0. The Kier molecular flexibility index (Phi) is 6.07. The van der Waals surface area contributed by atoms with Crippen molar-refractivity contribution in [2.24, 2.45) is 11.8 Å². The number of carbonyl (C=O) groups excluding carboxylic acids is 2. The fourth-order valence-corrected chi connectivity index (χ4v) is 2.52. The van der Waals surface area contributed by atoms with Gasteiger partial charge in [0.1, 0.15) is 5.60 Å². The van der Waals surface area contributed by atoms with Gasteiger partial charge in [0.15, 0.2) is 0 Å². The van der Waals surface area contributed by atoms with E-state index in [0.29, 0.717) is 6.54 Å². The Morgan fingerprint density at radius 3 is 2.62 bits per heavy atom. The van der Waals surface area contributed by atoms with Crippen molar-refractivity contribution in [2.45, 2.75) is 58.6 Å². The largest absolute Gasteiger partial charge is 0.444 e. The van der Waals surface area contributed by atoms with E-state index >= 15 is 0 Å². The molecule has 5 nitrogen and oxygen atoms in total. The molecule has 0 radical (unpaired) electrons. The van der Waals surface area contributed by atoms with Crippen LogP contribution in [0.25, 0.3) is 0 Å². The number of carbonyl (C=O) groups is 2. The second-order valence-corrected chi connectivity index (χ2v) is 6.58. The average molecular weight is 294 g/mol. The van der Waals surface area contributed by atoms with Crippen LogP contribution in [0.1, 0.15) is 47.0 Å². The number of hydrogen-bond acceptors (Lipinski definition) is 3. The molecule has 3 atom stereocenters. The van der Waals surface area contributed by atoms with Gasteiger partial charge in [-0.15, -0.1) is 6.42 Å². The van der Waals surface area contributed by atoms with Crippen molar-refractivity contribution in [1.29, 1.82) is 0 Å². The first-order chi connectivity index (χ1) is 9.73. The van der Waals surface area contributed by atoms with Crippen molar-refractivity contribution in [1.82, 2.24) is 10.6 Å². The Labute approximate surface area is 127 Å². The highest BCUT2D eigenvalue weighted by molar-refractivity contribution is 5.80. The second-order valence-electron chi connectivity index (χ2n) is 6.58. The van der Waals surface area contributed by atoms with E-state index in [1.54, 1.807) is 6.92 Å². The van der Waals surface area contributed by atoms with Crippen LogP contribution in [0.5, 0.6) is 0 Å². The number of alkyl carbamates (subject to hydrolysis) is 1. The maximum absolute atomic E-state index is 12.1. The van der Waals surface area contributed by atoms with Crippen LogP contribution >= 0.6 is 0 Å². The third kappa shape index (κ3) is 6.07. The number of rotatable bonds is 4. The topological polar surface area (TPSA) is 67.4 Å². The molecule has 0 aromatic rings. The molecule has 0 spiro atoms. The third-order valence-electron chi connectivity index (χ3n) is 3.51. The van der Waals surface area contributed by atoms with E-state index in [2.05, 4.69) is 16.6 Å². The molecule has 0 aromatic heterocycles. The van der Waals surface area contributed by atoms with Gasteiger partial charge in [0, 0.05) is 12.5 Å². The first-order valence-corrected chi connectivity index (χ1v) is 7.46. The molecule has 1 saturated carbocycles. The van der Waals surface area contributed by atoms with Gasteiger partial charge < -0.3 is 15.4 Å². The van der Waals surface area contributed by atoms with Crippen LogP contribution in [-0.2, 0) is 9.53 Å². The zero-order chi connectivity index (χ0) is 16.0. The molecular formula is C16H26N2O3. The molecule has 0 heterocycles. The quantitative estimate of drug-likeness (QED) is 0.780. The van der Waals surface area contributed by atoms with Crippen molar-refractivity contribution >= 4 is 12.0 Å². The second kappa shape index (κ2) is 7.35. The van der Waals surface area contributed by atoms with Crippen molar-refractivity contribution < 1.29 is 14.3 Å². The standard InChI is InChI=1S/C16H26N2O3/c1-6-11(2)18-14(19)13-9-7-8-12(13)10-17-15(20)21-16(3,4)5/h1,11-13H,7-10H2,2-5H3,(H,17,20)(H,18,19)/t11-,12+,13+/m0/s1. The van der Waals surface area contributed by atoms with Gasteiger partial charge in [0.25, 0.3) is 0 Å². The van der Waals surface area contributed by atoms with E-state index in [-0.39, 0.29) is 23.8 Å². The fraction of sp³-hybridized carbons (Fsp3) is 0.750. The van der Waals surface area contributed by atoms with Gasteiger partial charge >= 0.3 is 6.09 Å². The van der Waals surface area contributed by atoms with Crippen molar-refractivity contribution in [3.63, 3.8) is 0 Å². The molecule has 1 rings (SSSR count). The maximum atomic E-state index is 12.1. The highest BCUT2D eigenvalue weighted by atomic mass is 16.6. The zero-order valence-electron chi connectivity index (χ0n) is 13.4. The summed E-state index contributed by atoms with van der Waals surface area (Å²) < 4.78 is 5.20.